The van der Waals surface area contributed by atoms with Crippen LogP contribution >= 0.6 is 0 Å². The van der Waals surface area contributed by atoms with E-state index in [-0.39, 0.29) is 18.1 Å². The van der Waals surface area contributed by atoms with Gasteiger partial charge in [0.15, 0.2) is 11.6 Å². The molecule has 1 amide bonds. The summed E-state index contributed by atoms with van der Waals surface area (Å²) in [6, 6.07) is 1.69. The normalized spacial score (nSPS) is 20.2. The fourth-order valence-electron chi connectivity index (χ4n) is 2.95. The van der Waals surface area contributed by atoms with E-state index in [0.29, 0.717) is 5.69 Å². The minimum absolute atomic E-state index is 0.0295. The van der Waals surface area contributed by atoms with E-state index in [4.69, 9.17) is 0 Å². The number of nitrogens with one attached hydrogen (secondary N) is 1. The van der Waals surface area contributed by atoms with Crippen molar-refractivity contribution in [3.63, 3.8) is 0 Å². The number of halogens is 4. The average molecular weight is 413 g/mol. The van der Waals surface area contributed by atoms with Gasteiger partial charge in [0, 0.05) is 12.7 Å². The number of rotatable bonds is 5. The van der Waals surface area contributed by atoms with Crippen LogP contribution in [0.5, 0.6) is 0 Å². The van der Waals surface area contributed by atoms with Crippen LogP contribution in [0.3, 0.4) is 0 Å². The molecule has 0 bridgehead atoms. The van der Waals surface area contributed by atoms with Crippen LogP contribution in [0.2, 0.25) is 0 Å². The number of aromatic nitrogens is 3. The first-order chi connectivity index (χ1) is 13.6. The van der Waals surface area contributed by atoms with E-state index in [9.17, 15) is 22.4 Å². The number of alkyl halides is 3. The number of pyridine rings is 1. The maximum absolute atomic E-state index is 14.8. The van der Waals surface area contributed by atoms with Crippen LogP contribution in [-0.4, -0.2) is 56.9 Å². The summed E-state index contributed by atoms with van der Waals surface area (Å²) in [4.78, 5) is 25.6. The molecule has 156 valence electrons. The standard InChI is InChI=1S/C18H19F4N5O2/c1-9-4-5-12(23-6-9)15-14(19)16(25-8-24-15)26-10(2)17(28)27-7-13(11(27)3)29-18(20,21)22/h4-6,8,10-11,13H,7H2,1-3H3,(H,24,25,26)/t10-,11+,13+/m1/s1. The quantitative estimate of drug-likeness (QED) is 0.760. The highest BCUT2D eigenvalue weighted by atomic mass is 19.4. The van der Waals surface area contributed by atoms with Crippen LogP contribution in [0, 0.1) is 12.7 Å². The Morgan fingerprint density at radius 3 is 2.62 bits per heavy atom. The summed E-state index contributed by atoms with van der Waals surface area (Å²) < 4.78 is 55.7. The van der Waals surface area contributed by atoms with Crippen molar-refractivity contribution in [1.82, 2.24) is 19.9 Å². The van der Waals surface area contributed by atoms with E-state index in [0.717, 1.165) is 11.9 Å². The van der Waals surface area contributed by atoms with Gasteiger partial charge in [-0.15, -0.1) is 13.2 Å². The number of ether oxygens (including phenoxy) is 1. The van der Waals surface area contributed by atoms with Gasteiger partial charge in [-0.05, 0) is 32.4 Å². The van der Waals surface area contributed by atoms with E-state index in [2.05, 4.69) is 25.0 Å². The van der Waals surface area contributed by atoms with Gasteiger partial charge < -0.3 is 10.2 Å². The first kappa shape index (κ1) is 20.9. The third-order valence-corrected chi connectivity index (χ3v) is 4.64. The van der Waals surface area contributed by atoms with Gasteiger partial charge in [-0.25, -0.2) is 14.4 Å². The maximum atomic E-state index is 14.8. The second kappa shape index (κ2) is 7.90. The van der Waals surface area contributed by atoms with Crippen molar-refractivity contribution in [2.75, 3.05) is 11.9 Å². The summed E-state index contributed by atoms with van der Waals surface area (Å²) in [6.07, 6.45) is -3.18. The third-order valence-electron chi connectivity index (χ3n) is 4.64. The van der Waals surface area contributed by atoms with Gasteiger partial charge in [0.25, 0.3) is 0 Å². The maximum Gasteiger partial charge on any atom is 0.522 e. The Morgan fingerprint density at radius 2 is 2.03 bits per heavy atom. The number of likely N-dealkylation sites (tertiary alicyclic amines) is 1. The fraction of sp³-hybridized carbons (Fsp3) is 0.444. The van der Waals surface area contributed by atoms with Gasteiger partial charge in [0.1, 0.15) is 24.2 Å². The van der Waals surface area contributed by atoms with Gasteiger partial charge in [-0.1, -0.05) is 6.07 Å². The highest BCUT2D eigenvalue weighted by molar-refractivity contribution is 5.85. The first-order valence-corrected chi connectivity index (χ1v) is 8.82. The molecule has 0 saturated carbocycles. The third kappa shape index (κ3) is 4.61. The Morgan fingerprint density at radius 1 is 1.31 bits per heavy atom. The van der Waals surface area contributed by atoms with Crippen LogP contribution in [0.1, 0.15) is 19.4 Å². The molecule has 29 heavy (non-hydrogen) atoms. The summed E-state index contributed by atoms with van der Waals surface area (Å²) in [6.45, 7) is 4.57. The molecule has 1 aliphatic heterocycles. The summed E-state index contributed by atoms with van der Waals surface area (Å²) >= 11 is 0. The fourth-order valence-corrected chi connectivity index (χ4v) is 2.95. The number of carbonyl (C=O) groups is 1. The lowest BCUT2D eigenvalue weighted by Gasteiger charge is -2.46. The van der Waals surface area contributed by atoms with Gasteiger partial charge in [-0.2, -0.15) is 0 Å². The zero-order valence-electron chi connectivity index (χ0n) is 15.9. The second-order valence-corrected chi connectivity index (χ2v) is 6.80. The van der Waals surface area contributed by atoms with E-state index in [1.54, 1.807) is 18.3 Å². The average Bonchev–Trinajstić information content (AvgIpc) is 2.65. The van der Waals surface area contributed by atoms with Gasteiger partial charge in [0.2, 0.25) is 5.91 Å². The Balaban J connectivity index is 1.68. The number of carbonyl (C=O) groups excluding carboxylic acids is 1. The second-order valence-electron chi connectivity index (χ2n) is 6.80. The lowest BCUT2D eigenvalue weighted by atomic mass is 10.00. The van der Waals surface area contributed by atoms with Crippen molar-refractivity contribution in [2.45, 2.75) is 45.3 Å². The molecule has 1 aliphatic rings. The van der Waals surface area contributed by atoms with Crippen molar-refractivity contribution >= 4 is 11.7 Å². The molecule has 0 unspecified atom stereocenters. The molecular formula is C18H19F4N5O2. The molecule has 0 radical (unpaired) electrons. The monoisotopic (exact) mass is 413 g/mol. The molecule has 0 spiro atoms. The molecule has 11 heteroatoms. The van der Waals surface area contributed by atoms with E-state index in [1.807, 2.05) is 6.92 Å². The molecule has 2 aromatic heterocycles. The summed E-state index contributed by atoms with van der Waals surface area (Å²) in [5, 5.41) is 2.66. The minimum atomic E-state index is -4.76. The van der Waals surface area contributed by atoms with Gasteiger partial charge in [0.05, 0.1) is 11.7 Å². The zero-order valence-corrected chi connectivity index (χ0v) is 15.9. The molecule has 3 heterocycles. The number of aryl methyl sites for hydroxylation is 1. The molecule has 1 fully saturated rings. The van der Waals surface area contributed by atoms with Crippen LogP contribution in [0.25, 0.3) is 11.4 Å². The lowest BCUT2D eigenvalue weighted by molar-refractivity contribution is -0.359. The van der Waals surface area contributed by atoms with E-state index >= 15 is 0 Å². The van der Waals surface area contributed by atoms with Crippen LogP contribution in [-0.2, 0) is 9.53 Å². The molecule has 3 rings (SSSR count). The van der Waals surface area contributed by atoms with Crippen molar-refractivity contribution < 1.29 is 27.1 Å². The molecule has 0 aromatic carbocycles. The molecule has 1 N–H and O–H groups in total. The van der Waals surface area contributed by atoms with Crippen molar-refractivity contribution in [3.05, 3.63) is 36.0 Å². The zero-order chi connectivity index (χ0) is 21.3. The highest BCUT2D eigenvalue weighted by Gasteiger charge is 2.46. The topological polar surface area (TPSA) is 80.2 Å². The molecule has 7 nitrogen and oxygen atoms in total. The number of hydrogen-bond acceptors (Lipinski definition) is 6. The van der Waals surface area contributed by atoms with E-state index < -0.39 is 36.3 Å². The van der Waals surface area contributed by atoms with Crippen molar-refractivity contribution in [3.8, 4) is 11.4 Å². The highest BCUT2D eigenvalue weighted by Crippen LogP contribution is 2.29. The number of anilines is 1. The predicted octanol–water partition coefficient (Wildman–Crippen LogP) is 2.92. The van der Waals surface area contributed by atoms with Gasteiger partial charge >= 0.3 is 6.36 Å². The molecule has 0 aliphatic carbocycles. The molecule has 2 aromatic rings. The van der Waals surface area contributed by atoms with Crippen molar-refractivity contribution in [2.24, 2.45) is 0 Å². The Kier molecular flexibility index (Phi) is 5.69. The SMILES string of the molecule is Cc1ccc(-c2ncnc(N[C@H](C)C(=O)N3C[C@H](OC(F)(F)F)[C@@H]3C)c2F)nc1. The summed E-state index contributed by atoms with van der Waals surface area (Å²) in [7, 11) is 0. The first-order valence-electron chi connectivity index (χ1n) is 8.82. The predicted molar refractivity (Wildman–Crippen MR) is 95.1 cm³/mol. The summed E-state index contributed by atoms with van der Waals surface area (Å²) in [5.41, 5.74) is 1.18. The Labute approximate surface area is 164 Å². The number of hydrogen-bond donors (Lipinski definition) is 1. The minimum Gasteiger partial charge on any atom is -0.356 e. The Hall–Kier alpha value is -2.82. The molecular weight excluding hydrogens is 394 g/mol. The molecule has 1 saturated heterocycles. The summed E-state index contributed by atoms with van der Waals surface area (Å²) in [5.74, 6) is -1.47. The van der Waals surface area contributed by atoms with E-state index in [1.165, 1.54) is 18.7 Å². The van der Waals surface area contributed by atoms with Gasteiger partial charge in [-0.3, -0.25) is 14.5 Å². The molecule has 3 atom stereocenters. The number of amides is 1. The van der Waals surface area contributed by atoms with Crippen LogP contribution in [0.15, 0.2) is 24.7 Å². The lowest BCUT2D eigenvalue weighted by Crippen LogP contribution is -2.65. The smallest absolute Gasteiger partial charge is 0.356 e. The number of nitrogens with zero attached hydrogens (tertiary/aromatic N) is 4. The van der Waals surface area contributed by atoms with Crippen LogP contribution in [0.4, 0.5) is 23.4 Å². The largest absolute Gasteiger partial charge is 0.522 e. The van der Waals surface area contributed by atoms with Crippen molar-refractivity contribution in [1.29, 1.82) is 0 Å². The van der Waals surface area contributed by atoms with Crippen LogP contribution < -0.4 is 5.32 Å². The Bertz CT molecular complexity index is 891.